The van der Waals surface area contributed by atoms with E-state index in [1.807, 2.05) is 18.2 Å². The molecular weight excluding hydrogens is 435 g/mol. The van der Waals surface area contributed by atoms with E-state index >= 15 is 0 Å². The van der Waals surface area contributed by atoms with Crippen molar-refractivity contribution in [2.45, 2.75) is 6.42 Å². The third-order valence-electron chi connectivity index (χ3n) is 2.74. The summed E-state index contributed by atoms with van der Waals surface area (Å²) < 4.78 is 1.74. The predicted molar refractivity (Wildman–Crippen MR) is 94.4 cm³/mol. The molecule has 0 heterocycles. The molecule has 22 heavy (non-hydrogen) atoms. The Kier molecular flexibility index (Phi) is 5.99. The highest BCUT2D eigenvalue weighted by Crippen LogP contribution is 2.22. The summed E-state index contributed by atoms with van der Waals surface area (Å²) in [6.07, 6.45) is 1.52. The maximum absolute atomic E-state index is 11.9. The average Bonchev–Trinajstić information content (AvgIpc) is 2.46. The molecule has 0 aromatic heterocycles. The van der Waals surface area contributed by atoms with Crippen LogP contribution < -0.4 is 5.43 Å². The maximum Gasteiger partial charge on any atom is 0.244 e. The molecule has 114 valence electrons. The van der Waals surface area contributed by atoms with Gasteiger partial charge in [-0.15, -0.1) is 0 Å². The zero-order valence-electron chi connectivity index (χ0n) is 11.2. The fraction of sp³-hybridized carbons (Fsp3) is 0.0667. The monoisotopic (exact) mass is 444 g/mol. The number of carbonyl (C=O) groups excluding carboxylic acids is 1. The van der Waals surface area contributed by atoms with Gasteiger partial charge in [0.15, 0.2) is 0 Å². The molecule has 0 radical (unpaired) electrons. The summed E-state index contributed by atoms with van der Waals surface area (Å²) in [5.74, 6) is -0.228. The molecule has 0 atom stereocenters. The number of benzene rings is 2. The lowest BCUT2D eigenvalue weighted by molar-refractivity contribution is -0.120. The number of hydrogen-bond donors (Lipinski definition) is 2. The third kappa shape index (κ3) is 4.83. The van der Waals surface area contributed by atoms with E-state index in [2.05, 4.69) is 42.4 Å². The number of hydrazone groups is 1. The second-order valence-electron chi connectivity index (χ2n) is 4.41. The summed E-state index contributed by atoms with van der Waals surface area (Å²) in [6, 6.07) is 10.2. The Morgan fingerprint density at radius 1 is 1.27 bits per heavy atom. The van der Waals surface area contributed by atoms with Crippen LogP contribution in [0.4, 0.5) is 0 Å². The first-order valence-electron chi connectivity index (χ1n) is 6.20. The normalized spacial score (nSPS) is 10.9. The molecule has 0 aliphatic heterocycles. The summed E-state index contributed by atoms with van der Waals surface area (Å²) in [4.78, 5) is 11.9. The van der Waals surface area contributed by atoms with Gasteiger partial charge in [-0.1, -0.05) is 43.5 Å². The lowest BCUT2D eigenvalue weighted by Gasteiger charge is -2.04. The van der Waals surface area contributed by atoms with Gasteiger partial charge in [0.25, 0.3) is 0 Å². The number of amides is 1. The maximum atomic E-state index is 11.9. The predicted octanol–water partition coefficient (Wildman–Crippen LogP) is 4.26. The van der Waals surface area contributed by atoms with E-state index in [9.17, 15) is 9.90 Å². The molecule has 0 saturated carbocycles. The van der Waals surface area contributed by atoms with Crippen LogP contribution in [0.5, 0.6) is 5.75 Å². The van der Waals surface area contributed by atoms with Gasteiger partial charge in [-0.3, -0.25) is 4.79 Å². The van der Waals surface area contributed by atoms with E-state index in [0.29, 0.717) is 10.6 Å². The minimum atomic E-state index is -0.267. The first-order valence-corrected chi connectivity index (χ1v) is 8.16. The zero-order valence-corrected chi connectivity index (χ0v) is 15.1. The van der Waals surface area contributed by atoms with Crippen LogP contribution in [0.2, 0.25) is 5.02 Å². The first kappa shape index (κ1) is 17.0. The van der Waals surface area contributed by atoms with E-state index in [1.165, 1.54) is 12.3 Å². The van der Waals surface area contributed by atoms with Gasteiger partial charge in [-0.05, 0) is 42.0 Å². The molecule has 0 bridgehead atoms. The van der Waals surface area contributed by atoms with Crippen molar-refractivity contribution < 1.29 is 9.90 Å². The number of aromatic hydroxyl groups is 1. The molecule has 4 nitrogen and oxygen atoms in total. The smallest absolute Gasteiger partial charge is 0.244 e. The molecule has 0 saturated heterocycles. The molecule has 2 aromatic rings. The fourth-order valence-corrected chi connectivity index (χ4v) is 2.67. The number of hydrogen-bond acceptors (Lipinski definition) is 3. The van der Waals surface area contributed by atoms with Crippen molar-refractivity contribution in [2.24, 2.45) is 5.10 Å². The molecular formula is C15H11Br2ClN2O2. The lowest BCUT2D eigenvalue weighted by Crippen LogP contribution is -2.20. The van der Waals surface area contributed by atoms with Crippen molar-refractivity contribution in [1.82, 2.24) is 5.43 Å². The van der Waals surface area contributed by atoms with Crippen LogP contribution >= 0.6 is 43.5 Å². The van der Waals surface area contributed by atoms with Crippen LogP contribution in [0.25, 0.3) is 0 Å². The fourth-order valence-electron chi connectivity index (χ4n) is 1.69. The summed E-state index contributed by atoms with van der Waals surface area (Å²) in [5.41, 5.74) is 3.68. The Balaban J connectivity index is 1.99. The van der Waals surface area contributed by atoms with E-state index in [-0.39, 0.29) is 18.1 Å². The number of rotatable bonds is 4. The van der Waals surface area contributed by atoms with Crippen LogP contribution in [0.1, 0.15) is 11.1 Å². The van der Waals surface area contributed by atoms with E-state index < -0.39 is 0 Å². The topological polar surface area (TPSA) is 61.7 Å². The highest BCUT2D eigenvalue weighted by molar-refractivity contribution is 9.11. The molecule has 0 unspecified atom stereocenters. The van der Waals surface area contributed by atoms with Crippen molar-refractivity contribution in [2.75, 3.05) is 0 Å². The molecule has 0 aliphatic carbocycles. The van der Waals surface area contributed by atoms with Gasteiger partial charge in [0.05, 0.1) is 12.6 Å². The highest BCUT2D eigenvalue weighted by atomic mass is 79.9. The number of nitrogens with one attached hydrogen (secondary N) is 1. The Hall–Kier alpha value is -1.37. The van der Waals surface area contributed by atoms with Gasteiger partial charge in [0.2, 0.25) is 5.91 Å². The second kappa shape index (κ2) is 7.76. The van der Waals surface area contributed by atoms with Crippen molar-refractivity contribution >= 4 is 55.6 Å². The van der Waals surface area contributed by atoms with Crippen LogP contribution in [0.3, 0.4) is 0 Å². The Morgan fingerprint density at radius 2 is 2.05 bits per heavy atom. The minimum Gasteiger partial charge on any atom is -0.507 e. The lowest BCUT2D eigenvalue weighted by atomic mass is 10.1. The molecule has 2 N–H and O–H groups in total. The van der Waals surface area contributed by atoms with Gasteiger partial charge in [0.1, 0.15) is 5.75 Å². The molecule has 1 amide bonds. The molecule has 7 heteroatoms. The van der Waals surface area contributed by atoms with Gasteiger partial charge in [0, 0.05) is 19.5 Å². The zero-order chi connectivity index (χ0) is 16.1. The highest BCUT2D eigenvalue weighted by Gasteiger charge is 2.07. The molecule has 0 aliphatic rings. The van der Waals surface area contributed by atoms with Gasteiger partial charge in [-0.25, -0.2) is 5.43 Å². The largest absolute Gasteiger partial charge is 0.507 e. The van der Waals surface area contributed by atoms with Crippen LogP contribution in [-0.2, 0) is 11.2 Å². The number of phenolic OH excluding ortho intramolecular Hbond substituents is 1. The average molecular weight is 447 g/mol. The summed E-state index contributed by atoms with van der Waals surface area (Å²) >= 11 is 12.6. The van der Waals surface area contributed by atoms with Crippen molar-refractivity contribution in [3.63, 3.8) is 0 Å². The van der Waals surface area contributed by atoms with E-state index in [0.717, 1.165) is 14.5 Å². The van der Waals surface area contributed by atoms with E-state index in [4.69, 9.17) is 11.6 Å². The number of halogens is 3. The Labute approximate surface area is 149 Å². The summed E-state index contributed by atoms with van der Waals surface area (Å²) in [7, 11) is 0. The van der Waals surface area contributed by atoms with Crippen molar-refractivity contribution in [3.05, 3.63) is 61.5 Å². The minimum absolute atomic E-state index is 0.0390. The van der Waals surface area contributed by atoms with Crippen molar-refractivity contribution in [1.29, 1.82) is 0 Å². The van der Waals surface area contributed by atoms with Gasteiger partial charge in [-0.2, -0.15) is 5.10 Å². The Bertz CT molecular complexity index is 735. The van der Waals surface area contributed by atoms with Crippen LogP contribution in [0, 0.1) is 0 Å². The number of carbonyl (C=O) groups is 1. The van der Waals surface area contributed by atoms with Crippen LogP contribution in [0.15, 0.2) is 50.4 Å². The summed E-state index contributed by atoms with van der Waals surface area (Å²) in [5, 5.41) is 13.9. The summed E-state index contributed by atoms with van der Waals surface area (Å²) in [6.45, 7) is 0. The molecule has 2 rings (SSSR count). The van der Waals surface area contributed by atoms with Gasteiger partial charge >= 0.3 is 0 Å². The third-order valence-corrected chi connectivity index (χ3v) is 4.24. The van der Waals surface area contributed by atoms with Crippen molar-refractivity contribution in [3.8, 4) is 5.75 Å². The molecule has 0 fully saturated rings. The SMILES string of the molecule is O=C(Cc1cc(Br)ccc1Br)N/N=C/c1cc(Cl)ccc1O. The first-order chi connectivity index (χ1) is 10.5. The number of phenols is 1. The second-order valence-corrected chi connectivity index (χ2v) is 6.62. The Morgan fingerprint density at radius 3 is 2.82 bits per heavy atom. The molecule has 2 aromatic carbocycles. The standard InChI is InChI=1S/C15H11Br2ClN2O2/c16-11-1-3-13(17)9(5-11)7-15(22)20-19-8-10-6-12(18)2-4-14(10)21/h1-6,8,21H,7H2,(H,20,22)/b19-8+. The van der Waals surface area contributed by atoms with Crippen LogP contribution in [-0.4, -0.2) is 17.2 Å². The quantitative estimate of drug-likeness (QED) is 0.545. The molecule has 0 spiro atoms. The van der Waals surface area contributed by atoms with E-state index in [1.54, 1.807) is 12.1 Å². The van der Waals surface area contributed by atoms with Gasteiger partial charge < -0.3 is 5.11 Å². The number of nitrogens with zero attached hydrogens (tertiary/aromatic N) is 1.